The summed E-state index contributed by atoms with van der Waals surface area (Å²) in [6.45, 7) is 0.896. The van der Waals surface area contributed by atoms with Gasteiger partial charge in [0, 0.05) is 25.2 Å². The van der Waals surface area contributed by atoms with E-state index in [1.165, 1.54) is 32.1 Å². The summed E-state index contributed by atoms with van der Waals surface area (Å²) >= 11 is 0. The first kappa shape index (κ1) is 15.5. The van der Waals surface area contributed by atoms with Crippen molar-refractivity contribution in [3.05, 3.63) is 34.2 Å². The smallest absolute Gasteiger partial charge is 0.326 e. The van der Waals surface area contributed by atoms with Gasteiger partial charge in [-0.1, -0.05) is 19.3 Å². The van der Waals surface area contributed by atoms with Gasteiger partial charge in [0.2, 0.25) is 0 Å². The molecule has 5 heteroatoms. The van der Waals surface area contributed by atoms with Gasteiger partial charge in [-0.15, -0.1) is 0 Å². The molecular weight excluding hydrogens is 302 g/mol. The molecule has 1 aromatic heterocycles. The van der Waals surface area contributed by atoms with E-state index in [9.17, 15) is 9.59 Å². The fourth-order valence-corrected chi connectivity index (χ4v) is 3.95. The van der Waals surface area contributed by atoms with E-state index in [1.807, 2.05) is 18.2 Å². The Hall–Kier alpha value is -2.04. The standard InChI is InChI=1S/C19H25N3O2/c1-21-17-11-14(7-10-16(17)20-19(21)24)18(23)22(15-8-9-15)12-13-5-3-2-4-6-13/h7,10-11,13,15H,2-6,8-9,12H2,1H3,(H,20,24). The number of aryl methyl sites for hydroxylation is 1. The number of hydrogen-bond acceptors (Lipinski definition) is 2. The summed E-state index contributed by atoms with van der Waals surface area (Å²) in [5.41, 5.74) is 2.12. The van der Waals surface area contributed by atoms with E-state index in [2.05, 4.69) is 9.88 Å². The average Bonchev–Trinajstić information content (AvgIpc) is 3.40. The molecule has 0 unspecified atom stereocenters. The van der Waals surface area contributed by atoms with Crippen molar-refractivity contribution in [2.45, 2.75) is 51.0 Å². The second kappa shape index (κ2) is 6.11. The molecule has 0 spiro atoms. The molecule has 0 bridgehead atoms. The lowest BCUT2D eigenvalue weighted by Crippen LogP contribution is -2.37. The molecule has 2 aliphatic rings. The Morgan fingerprint density at radius 3 is 2.67 bits per heavy atom. The Labute approximate surface area is 141 Å². The number of nitrogens with one attached hydrogen (secondary N) is 1. The van der Waals surface area contributed by atoms with Gasteiger partial charge in [-0.25, -0.2) is 4.79 Å². The van der Waals surface area contributed by atoms with Crippen LogP contribution in [-0.2, 0) is 7.05 Å². The summed E-state index contributed by atoms with van der Waals surface area (Å²) in [7, 11) is 1.73. The molecule has 2 aliphatic carbocycles. The molecule has 4 rings (SSSR count). The highest BCUT2D eigenvalue weighted by Gasteiger charge is 2.34. The van der Waals surface area contributed by atoms with E-state index in [0.717, 1.165) is 30.4 Å². The van der Waals surface area contributed by atoms with Crippen molar-refractivity contribution in [3.63, 3.8) is 0 Å². The van der Waals surface area contributed by atoms with Crippen LogP contribution in [0, 0.1) is 5.92 Å². The van der Waals surface area contributed by atoms with Crippen LogP contribution in [0.15, 0.2) is 23.0 Å². The summed E-state index contributed by atoms with van der Waals surface area (Å²) < 4.78 is 1.56. The highest BCUT2D eigenvalue weighted by atomic mass is 16.2. The van der Waals surface area contributed by atoms with E-state index >= 15 is 0 Å². The number of carbonyl (C=O) groups excluding carboxylic acids is 1. The molecule has 24 heavy (non-hydrogen) atoms. The number of amides is 1. The quantitative estimate of drug-likeness (QED) is 0.938. The molecule has 2 saturated carbocycles. The van der Waals surface area contributed by atoms with Crippen LogP contribution in [0.2, 0.25) is 0 Å². The van der Waals surface area contributed by atoms with Gasteiger partial charge in [-0.3, -0.25) is 9.36 Å². The maximum Gasteiger partial charge on any atom is 0.326 e. The summed E-state index contributed by atoms with van der Waals surface area (Å²) in [5.74, 6) is 0.780. The minimum Gasteiger partial charge on any atom is -0.335 e. The van der Waals surface area contributed by atoms with Crippen molar-refractivity contribution in [3.8, 4) is 0 Å². The zero-order valence-electron chi connectivity index (χ0n) is 14.3. The number of aromatic amines is 1. The lowest BCUT2D eigenvalue weighted by molar-refractivity contribution is 0.0699. The van der Waals surface area contributed by atoms with E-state index < -0.39 is 0 Å². The van der Waals surface area contributed by atoms with Gasteiger partial charge in [-0.2, -0.15) is 0 Å². The molecule has 0 atom stereocenters. The molecule has 1 N–H and O–H groups in total. The lowest BCUT2D eigenvalue weighted by Gasteiger charge is -2.30. The third-order valence-electron chi connectivity index (χ3n) is 5.58. The number of hydrogen-bond donors (Lipinski definition) is 1. The van der Waals surface area contributed by atoms with E-state index in [4.69, 9.17) is 0 Å². The third kappa shape index (κ3) is 2.87. The Morgan fingerprint density at radius 1 is 1.21 bits per heavy atom. The number of H-pyrrole nitrogens is 1. The second-order valence-corrected chi connectivity index (χ2v) is 7.41. The van der Waals surface area contributed by atoms with E-state index in [0.29, 0.717) is 17.5 Å². The summed E-state index contributed by atoms with van der Waals surface area (Å²) in [6, 6.07) is 5.96. The number of nitrogens with zero attached hydrogens (tertiary/aromatic N) is 2. The fourth-order valence-electron chi connectivity index (χ4n) is 3.95. The van der Waals surface area contributed by atoms with Crippen molar-refractivity contribution < 1.29 is 4.79 Å². The summed E-state index contributed by atoms with van der Waals surface area (Å²) in [5, 5.41) is 0. The molecule has 1 amide bonds. The Kier molecular flexibility index (Phi) is 3.94. The highest BCUT2D eigenvalue weighted by Crippen LogP contribution is 2.32. The predicted octanol–water partition coefficient (Wildman–Crippen LogP) is 3.05. The van der Waals surface area contributed by atoms with Crippen molar-refractivity contribution in [1.82, 2.24) is 14.5 Å². The number of aromatic nitrogens is 2. The molecule has 2 fully saturated rings. The number of imidazole rings is 1. The minimum atomic E-state index is -0.143. The Balaban J connectivity index is 1.59. The monoisotopic (exact) mass is 327 g/mol. The van der Waals surface area contributed by atoms with Gasteiger partial charge in [0.1, 0.15) is 0 Å². The maximum atomic E-state index is 13.1. The first-order valence-electron chi connectivity index (χ1n) is 9.13. The second-order valence-electron chi connectivity index (χ2n) is 7.41. The maximum absolute atomic E-state index is 13.1. The molecule has 5 nitrogen and oxygen atoms in total. The topological polar surface area (TPSA) is 58.1 Å². The van der Waals surface area contributed by atoms with Gasteiger partial charge >= 0.3 is 5.69 Å². The molecule has 0 saturated heterocycles. The number of fused-ring (bicyclic) bond motifs is 1. The number of rotatable bonds is 4. The Morgan fingerprint density at radius 2 is 1.96 bits per heavy atom. The van der Waals surface area contributed by atoms with Crippen LogP contribution in [0.1, 0.15) is 55.3 Å². The predicted molar refractivity (Wildman–Crippen MR) is 94.2 cm³/mol. The van der Waals surface area contributed by atoms with Crippen LogP contribution in [0.25, 0.3) is 11.0 Å². The van der Waals surface area contributed by atoms with Crippen LogP contribution < -0.4 is 5.69 Å². The molecule has 0 aliphatic heterocycles. The van der Waals surface area contributed by atoms with Gasteiger partial charge in [-0.05, 0) is 49.8 Å². The normalized spacial score (nSPS) is 18.9. The van der Waals surface area contributed by atoms with Crippen molar-refractivity contribution in [2.24, 2.45) is 13.0 Å². The van der Waals surface area contributed by atoms with Crippen LogP contribution >= 0.6 is 0 Å². The molecule has 2 aromatic rings. The van der Waals surface area contributed by atoms with Crippen LogP contribution in [-0.4, -0.2) is 32.9 Å². The first-order chi connectivity index (χ1) is 11.6. The zero-order valence-corrected chi connectivity index (χ0v) is 14.3. The van der Waals surface area contributed by atoms with Gasteiger partial charge in [0.15, 0.2) is 0 Å². The average molecular weight is 327 g/mol. The van der Waals surface area contributed by atoms with E-state index in [1.54, 1.807) is 11.6 Å². The first-order valence-corrected chi connectivity index (χ1v) is 9.13. The third-order valence-corrected chi connectivity index (χ3v) is 5.58. The van der Waals surface area contributed by atoms with Crippen molar-refractivity contribution in [1.29, 1.82) is 0 Å². The van der Waals surface area contributed by atoms with Crippen molar-refractivity contribution >= 4 is 16.9 Å². The van der Waals surface area contributed by atoms with Crippen LogP contribution in [0.4, 0.5) is 0 Å². The molecule has 0 radical (unpaired) electrons. The lowest BCUT2D eigenvalue weighted by atomic mass is 9.88. The molecule has 1 heterocycles. The van der Waals surface area contributed by atoms with Crippen LogP contribution in [0.3, 0.4) is 0 Å². The summed E-state index contributed by atoms with van der Waals surface area (Å²) in [4.78, 5) is 29.7. The fraction of sp³-hybridized carbons (Fsp3) is 0.579. The van der Waals surface area contributed by atoms with Gasteiger partial charge < -0.3 is 9.88 Å². The largest absolute Gasteiger partial charge is 0.335 e. The zero-order chi connectivity index (χ0) is 16.7. The highest BCUT2D eigenvalue weighted by molar-refractivity contribution is 5.97. The van der Waals surface area contributed by atoms with Crippen LogP contribution in [0.5, 0.6) is 0 Å². The number of carbonyl (C=O) groups is 1. The summed E-state index contributed by atoms with van der Waals surface area (Å²) in [6.07, 6.45) is 8.70. The van der Waals surface area contributed by atoms with Gasteiger partial charge in [0.05, 0.1) is 11.0 Å². The Bertz CT molecular complexity index is 810. The van der Waals surface area contributed by atoms with E-state index in [-0.39, 0.29) is 11.6 Å². The van der Waals surface area contributed by atoms with Crippen molar-refractivity contribution in [2.75, 3.05) is 6.54 Å². The van der Waals surface area contributed by atoms with Gasteiger partial charge in [0.25, 0.3) is 5.91 Å². The molecule has 1 aromatic carbocycles. The minimum absolute atomic E-state index is 0.124. The SMILES string of the molecule is Cn1c(=O)[nH]c2ccc(C(=O)N(CC3CCCCC3)C3CC3)cc21. The molecular formula is C19H25N3O2. The number of benzene rings is 1. The molecule has 128 valence electrons.